The van der Waals surface area contributed by atoms with E-state index in [1.807, 2.05) is 34.5 Å². The van der Waals surface area contributed by atoms with E-state index in [2.05, 4.69) is 0 Å². The summed E-state index contributed by atoms with van der Waals surface area (Å²) in [5.41, 5.74) is 1.61. The molecule has 0 saturated heterocycles. The molecule has 12 heteroatoms. The first-order valence-electron chi connectivity index (χ1n) is 12.6. The number of carbonyl (C=O) groups excluding carboxylic acids is 2. The third-order valence-corrected chi connectivity index (χ3v) is 8.33. The summed E-state index contributed by atoms with van der Waals surface area (Å²) >= 11 is 1.95. The second kappa shape index (κ2) is 10.5. The fourth-order valence-corrected chi connectivity index (χ4v) is 6.46. The van der Waals surface area contributed by atoms with Gasteiger partial charge in [0, 0.05) is 54.4 Å². The molecule has 0 spiro atoms. The standard InChI is InChI=1S/C28H24F3IN2O6/c1-33-17-5-3-7-20(35)25(17)24(26-18(33)6-4-8-21(26)36)14-11-16(32)27(23(12-14)39-2)40-22-10-9-15(28(29,30)31)13-19(22)34(37)38/h9-13,24H,3-8H2,1-2H3. The van der Waals surface area contributed by atoms with Crippen LogP contribution in [0.1, 0.15) is 55.6 Å². The van der Waals surface area contributed by atoms with Crippen molar-refractivity contribution >= 4 is 39.8 Å². The molecule has 40 heavy (non-hydrogen) atoms. The summed E-state index contributed by atoms with van der Waals surface area (Å²) in [6.07, 6.45) is -1.12. The Labute approximate surface area is 241 Å². The number of nitro benzene ring substituents is 1. The fourth-order valence-electron chi connectivity index (χ4n) is 5.72. The van der Waals surface area contributed by atoms with E-state index in [9.17, 15) is 32.9 Å². The normalized spacial score (nSPS) is 18.1. The second-order valence-electron chi connectivity index (χ2n) is 9.84. The van der Waals surface area contributed by atoms with Gasteiger partial charge in [0.05, 0.1) is 21.2 Å². The lowest BCUT2D eigenvalue weighted by molar-refractivity contribution is -0.385. The van der Waals surface area contributed by atoms with Crippen LogP contribution in [0, 0.1) is 13.7 Å². The molecule has 2 aromatic carbocycles. The smallest absolute Gasteiger partial charge is 0.416 e. The lowest BCUT2D eigenvalue weighted by atomic mass is 9.71. The maximum atomic E-state index is 13.3. The first kappa shape index (κ1) is 28.1. The lowest BCUT2D eigenvalue weighted by Gasteiger charge is -2.42. The molecule has 0 unspecified atom stereocenters. The SMILES string of the molecule is COc1cc(C2C3=C(CCCC3=O)N(C)C3=C2C(=O)CCC3)cc(I)c1Oc1ccc(C(F)(F)F)cc1[N+](=O)[O-]. The van der Waals surface area contributed by atoms with Gasteiger partial charge in [0.15, 0.2) is 23.1 Å². The number of carbonyl (C=O) groups is 2. The monoisotopic (exact) mass is 668 g/mol. The molecule has 0 aromatic heterocycles. The number of halogens is 4. The van der Waals surface area contributed by atoms with Gasteiger partial charge in [-0.3, -0.25) is 19.7 Å². The molecule has 0 atom stereocenters. The van der Waals surface area contributed by atoms with Crippen LogP contribution in [0.15, 0.2) is 52.9 Å². The molecule has 0 fully saturated rings. The Morgan fingerprint density at radius 2 is 1.57 bits per heavy atom. The van der Waals surface area contributed by atoms with Crippen LogP contribution < -0.4 is 9.47 Å². The van der Waals surface area contributed by atoms with Gasteiger partial charge in [0.1, 0.15) is 0 Å². The summed E-state index contributed by atoms with van der Waals surface area (Å²) in [6, 6.07) is 5.38. The summed E-state index contributed by atoms with van der Waals surface area (Å²) in [6.45, 7) is 0. The van der Waals surface area contributed by atoms with Crippen molar-refractivity contribution in [3.8, 4) is 17.2 Å². The fraction of sp³-hybridized carbons (Fsp3) is 0.357. The molecule has 1 aliphatic heterocycles. The predicted molar refractivity (Wildman–Crippen MR) is 146 cm³/mol. The Hall–Kier alpha value is -3.42. The minimum Gasteiger partial charge on any atom is -0.493 e. The summed E-state index contributed by atoms with van der Waals surface area (Å²) in [5, 5.41) is 11.6. The summed E-state index contributed by atoms with van der Waals surface area (Å²) < 4.78 is 51.3. The minimum atomic E-state index is -4.76. The zero-order chi connectivity index (χ0) is 28.9. The molecule has 3 aliphatic rings. The van der Waals surface area contributed by atoms with Gasteiger partial charge in [-0.25, -0.2) is 0 Å². The number of ketones is 2. The number of ether oxygens (including phenoxy) is 2. The van der Waals surface area contributed by atoms with Gasteiger partial charge in [-0.2, -0.15) is 13.2 Å². The third-order valence-electron chi connectivity index (χ3n) is 7.52. The number of allylic oxidation sites excluding steroid dienone is 4. The number of Topliss-reactive ketones (excluding diaryl/α,β-unsaturated/α-hetero) is 2. The molecule has 1 heterocycles. The van der Waals surface area contributed by atoms with E-state index >= 15 is 0 Å². The average Bonchev–Trinajstić information content (AvgIpc) is 2.90. The first-order chi connectivity index (χ1) is 18.9. The first-order valence-corrected chi connectivity index (χ1v) is 13.7. The van der Waals surface area contributed by atoms with Gasteiger partial charge in [-0.1, -0.05) is 0 Å². The van der Waals surface area contributed by atoms with E-state index in [1.54, 1.807) is 12.1 Å². The van der Waals surface area contributed by atoms with Crippen molar-refractivity contribution in [3.05, 3.63) is 77.7 Å². The summed E-state index contributed by atoms with van der Waals surface area (Å²) in [4.78, 5) is 39.2. The van der Waals surface area contributed by atoms with Crippen LogP contribution in [0.3, 0.4) is 0 Å². The van der Waals surface area contributed by atoms with Gasteiger partial charge in [-0.15, -0.1) is 0 Å². The van der Waals surface area contributed by atoms with Gasteiger partial charge in [0.2, 0.25) is 5.75 Å². The molecule has 210 valence electrons. The Morgan fingerprint density at radius 3 is 2.10 bits per heavy atom. The number of alkyl halides is 3. The molecular weight excluding hydrogens is 644 g/mol. The highest BCUT2D eigenvalue weighted by Crippen LogP contribution is 2.51. The molecule has 0 bridgehead atoms. The zero-order valence-corrected chi connectivity index (χ0v) is 23.7. The number of hydrogen-bond donors (Lipinski definition) is 0. The van der Waals surface area contributed by atoms with Crippen molar-refractivity contribution in [2.45, 2.75) is 50.6 Å². The van der Waals surface area contributed by atoms with E-state index in [1.165, 1.54) is 7.11 Å². The van der Waals surface area contributed by atoms with E-state index in [0.717, 1.165) is 30.3 Å². The molecule has 8 nitrogen and oxygen atoms in total. The zero-order valence-electron chi connectivity index (χ0n) is 21.6. The average molecular weight is 668 g/mol. The molecular formula is C28H24F3IN2O6. The van der Waals surface area contributed by atoms with Crippen molar-refractivity contribution in [2.75, 3.05) is 14.2 Å². The van der Waals surface area contributed by atoms with E-state index in [0.29, 0.717) is 58.1 Å². The quantitative estimate of drug-likeness (QED) is 0.191. The Balaban J connectivity index is 1.63. The van der Waals surface area contributed by atoms with Crippen LogP contribution >= 0.6 is 22.6 Å². The van der Waals surface area contributed by atoms with Crippen LogP contribution in [-0.4, -0.2) is 35.5 Å². The Bertz CT molecular complexity index is 1470. The lowest BCUT2D eigenvalue weighted by Crippen LogP contribution is -2.37. The van der Waals surface area contributed by atoms with Crippen LogP contribution in [0.2, 0.25) is 0 Å². The summed E-state index contributed by atoms with van der Waals surface area (Å²) in [5.74, 6) is -0.794. The van der Waals surface area contributed by atoms with Gasteiger partial charge in [0.25, 0.3) is 0 Å². The highest BCUT2D eigenvalue weighted by molar-refractivity contribution is 14.1. The van der Waals surface area contributed by atoms with Gasteiger partial charge < -0.3 is 14.4 Å². The molecule has 0 radical (unpaired) electrons. The van der Waals surface area contributed by atoms with E-state index < -0.39 is 28.3 Å². The summed E-state index contributed by atoms with van der Waals surface area (Å²) in [7, 11) is 3.26. The molecule has 5 rings (SSSR count). The highest BCUT2D eigenvalue weighted by Gasteiger charge is 2.43. The number of benzene rings is 2. The number of hydrogen-bond acceptors (Lipinski definition) is 7. The number of nitro groups is 1. The van der Waals surface area contributed by atoms with Crippen LogP contribution in [0.25, 0.3) is 0 Å². The second-order valence-corrected chi connectivity index (χ2v) is 11.0. The largest absolute Gasteiger partial charge is 0.493 e. The molecule has 2 aromatic rings. The van der Waals surface area contributed by atoms with E-state index in [-0.39, 0.29) is 28.8 Å². The highest BCUT2D eigenvalue weighted by atomic mass is 127. The molecule has 0 amide bonds. The van der Waals surface area contributed by atoms with Gasteiger partial charge >= 0.3 is 11.9 Å². The number of methoxy groups -OCH3 is 1. The Morgan fingerprint density at radius 1 is 0.975 bits per heavy atom. The predicted octanol–water partition coefficient (Wildman–Crippen LogP) is 7.06. The topological polar surface area (TPSA) is 99.0 Å². The number of nitrogens with zero attached hydrogens (tertiary/aromatic N) is 2. The maximum absolute atomic E-state index is 13.3. The van der Waals surface area contributed by atoms with Crippen LogP contribution in [0.5, 0.6) is 17.2 Å². The molecule has 0 saturated carbocycles. The molecule has 0 N–H and O–H groups in total. The minimum absolute atomic E-state index is 0.0160. The van der Waals surface area contributed by atoms with Crippen molar-refractivity contribution < 1.29 is 37.2 Å². The van der Waals surface area contributed by atoms with Crippen molar-refractivity contribution in [2.24, 2.45) is 0 Å². The number of rotatable bonds is 5. The maximum Gasteiger partial charge on any atom is 0.416 e. The van der Waals surface area contributed by atoms with Crippen LogP contribution in [-0.2, 0) is 15.8 Å². The van der Waals surface area contributed by atoms with Gasteiger partial charge in [-0.05, 0) is 78.1 Å². The third kappa shape index (κ3) is 4.86. The van der Waals surface area contributed by atoms with E-state index in [4.69, 9.17) is 9.47 Å². The molecule has 2 aliphatic carbocycles. The van der Waals surface area contributed by atoms with Crippen molar-refractivity contribution in [1.82, 2.24) is 4.90 Å². The van der Waals surface area contributed by atoms with Crippen molar-refractivity contribution in [1.29, 1.82) is 0 Å². The van der Waals surface area contributed by atoms with Crippen LogP contribution in [0.4, 0.5) is 18.9 Å². The van der Waals surface area contributed by atoms with Crippen molar-refractivity contribution in [3.63, 3.8) is 0 Å². The Kier molecular flexibility index (Phi) is 7.40.